The molecule has 0 aromatic carbocycles. The zero-order chi connectivity index (χ0) is 21.7. The number of hydrogen-bond acceptors (Lipinski definition) is 6. The van der Waals surface area contributed by atoms with Gasteiger partial charge < -0.3 is 19.5 Å². The largest absolute Gasteiger partial charge is 0.490 e. The number of aliphatic carboxylic acids is 1. The smallest absolute Gasteiger partial charge is 0.475 e. The molecule has 1 aromatic rings. The number of rotatable bonds is 4. The van der Waals surface area contributed by atoms with Crippen LogP contribution in [0.2, 0.25) is 0 Å². The second-order valence-corrected chi connectivity index (χ2v) is 8.50. The van der Waals surface area contributed by atoms with Crippen molar-refractivity contribution in [2.45, 2.75) is 43.7 Å². The predicted octanol–water partition coefficient (Wildman–Crippen LogP) is 2.01. The van der Waals surface area contributed by atoms with Crippen LogP contribution in [0.5, 0.6) is 0 Å². The maximum absolute atomic E-state index is 12.5. The van der Waals surface area contributed by atoms with Gasteiger partial charge in [-0.05, 0) is 24.3 Å². The summed E-state index contributed by atoms with van der Waals surface area (Å²) in [6, 6.07) is 4.37. The normalized spacial score (nSPS) is 26.8. The molecule has 0 bridgehead atoms. The molecule has 3 aliphatic heterocycles. The summed E-state index contributed by atoms with van der Waals surface area (Å²) in [6.45, 7) is 5.12. The van der Waals surface area contributed by atoms with Gasteiger partial charge in [0.05, 0.1) is 31.3 Å². The highest BCUT2D eigenvalue weighted by Gasteiger charge is 2.42. The van der Waals surface area contributed by atoms with E-state index < -0.39 is 12.1 Å². The number of carboxylic acids is 1. The van der Waals surface area contributed by atoms with E-state index in [0.29, 0.717) is 18.6 Å². The fourth-order valence-corrected chi connectivity index (χ4v) is 4.61. The lowest BCUT2D eigenvalue weighted by Crippen LogP contribution is -2.52. The van der Waals surface area contributed by atoms with Gasteiger partial charge in [-0.2, -0.15) is 13.2 Å². The van der Waals surface area contributed by atoms with Crippen LogP contribution in [0.1, 0.15) is 17.7 Å². The average Bonchev–Trinajstić information content (AvgIpc) is 3.43. The van der Waals surface area contributed by atoms with Gasteiger partial charge in [-0.3, -0.25) is 9.69 Å². The first-order valence-electron chi connectivity index (χ1n) is 9.81. The van der Waals surface area contributed by atoms with Crippen LogP contribution < -0.4 is 0 Å². The topological polar surface area (TPSA) is 79.3 Å². The van der Waals surface area contributed by atoms with E-state index in [1.54, 1.807) is 11.3 Å². The highest BCUT2D eigenvalue weighted by molar-refractivity contribution is 7.10. The number of fused-ring (bicyclic) bond motifs is 1. The summed E-state index contributed by atoms with van der Waals surface area (Å²) in [6.07, 6.45) is -1.70. The number of halogens is 3. The summed E-state index contributed by atoms with van der Waals surface area (Å²) < 4.78 is 43.5. The summed E-state index contributed by atoms with van der Waals surface area (Å²) >= 11 is 1.65. The first kappa shape index (κ1) is 23.0. The van der Waals surface area contributed by atoms with Crippen molar-refractivity contribution in [2.24, 2.45) is 0 Å². The molecule has 1 N–H and O–H groups in total. The number of ether oxygens (including phenoxy) is 2. The van der Waals surface area contributed by atoms with Crippen LogP contribution >= 0.6 is 11.3 Å². The van der Waals surface area contributed by atoms with Crippen LogP contribution in [0, 0.1) is 0 Å². The Hall–Kier alpha value is -1.69. The van der Waals surface area contributed by atoms with Gasteiger partial charge >= 0.3 is 12.1 Å². The maximum atomic E-state index is 12.5. The molecule has 3 fully saturated rings. The van der Waals surface area contributed by atoms with Crippen molar-refractivity contribution in [2.75, 3.05) is 39.4 Å². The summed E-state index contributed by atoms with van der Waals surface area (Å²) in [7, 11) is 0. The zero-order valence-corrected chi connectivity index (χ0v) is 17.2. The molecular weight excluding hydrogens is 425 g/mol. The van der Waals surface area contributed by atoms with Crippen molar-refractivity contribution in [3.63, 3.8) is 0 Å². The van der Waals surface area contributed by atoms with Gasteiger partial charge in [0.15, 0.2) is 0 Å². The summed E-state index contributed by atoms with van der Waals surface area (Å²) in [4.78, 5) is 27.1. The van der Waals surface area contributed by atoms with E-state index in [9.17, 15) is 18.0 Å². The SMILES string of the molecule is O=C(Cc1cccs1)N1C[C@@H]2OCCN(CC3CCCO3)[C@@H]2C1.O=C(O)C(F)(F)F. The zero-order valence-electron chi connectivity index (χ0n) is 16.3. The number of carboxylic acid groups (broad SMARTS) is 1. The Labute approximate surface area is 176 Å². The molecule has 4 heterocycles. The third-order valence-electron chi connectivity index (χ3n) is 5.38. The Morgan fingerprint density at radius 1 is 1.23 bits per heavy atom. The van der Waals surface area contributed by atoms with Crippen LogP contribution in [-0.4, -0.2) is 90.6 Å². The number of nitrogens with zero attached hydrogens (tertiary/aromatic N) is 2. The monoisotopic (exact) mass is 450 g/mol. The lowest BCUT2D eigenvalue weighted by molar-refractivity contribution is -0.192. The van der Waals surface area contributed by atoms with Crippen molar-refractivity contribution >= 4 is 23.2 Å². The highest BCUT2D eigenvalue weighted by atomic mass is 32.1. The Bertz CT molecular complexity index is 710. The summed E-state index contributed by atoms with van der Waals surface area (Å²) in [5.74, 6) is -2.53. The number of hydrogen-bond donors (Lipinski definition) is 1. The van der Waals surface area contributed by atoms with Crippen LogP contribution in [0.4, 0.5) is 13.2 Å². The minimum absolute atomic E-state index is 0.164. The molecule has 30 heavy (non-hydrogen) atoms. The van der Waals surface area contributed by atoms with E-state index in [-0.39, 0.29) is 12.0 Å². The lowest BCUT2D eigenvalue weighted by Gasteiger charge is -2.37. The quantitative estimate of drug-likeness (QED) is 0.756. The fraction of sp³-hybridized carbons (Fsp3) is 0.684. The minimum Gasteiger partial charge on any atom is -0.475 e. The van der Waals surface area contributed by atoms with Gasteiger partial charge in [-0.15, -0.1) is 11.3 Å². The van der Waals surface area contributed by atoms with Crippen molar-refractivity contribution in [1.29, 1.82) is 0 Å². The molecule has 3 saturated heterocycles. The number of amides is 1. The molecule has 4 rings (SSSR count). The molecule has 168 valence electrons. The van der Waals surface area contributed by atoms with Crippen LogP contribution in [0.15, 0.2) is 17.5 Å². The molecule has 1 unspecified atom stereocenters. The number of thiophene rings is 1. The number of carbonyl (C=O) groups is 2. The van der Waals surface area contributed by atoms with Gasteiger partial charge in [0.2, 0.25) is 5.91 Å². The molecule has 0 saturated carbocycles. The first-order valence-corrected chi connectivity index (χ1v) is 10.7. The molecule has 0 spiro atoms. The molecule has 0 radical (unpaired) electrons. The Morgan fingerprint density at radius 2 is 2.00 bits per heavy atom. The minimum atomic E-state index is -5.08. The molecule has 3 aliphatic rings. The van der Waals surface area contributed by atoms with Gasteiger partial charge in [0.25, 0.3) is 0 Å². The number of morpholine rings is 1. The molecular formula is C19H25F3N2O5S. The van der Waals surface area contributed by atoms with Crippen LogP contribution in [0.3, 0.4) is 0 Å². The van der Waals surface area contributed by atoms with Crippen molar-refractivity contribution < 1.29 is 37.3 Å². The van der Waals surface area contributed by atoms with E-state index in [2.05, 4.69) is 4.90 Å². The fourth-order valence-electron chi connectivity index (χ4n) is 3.91. The second kappa shape index (κ2) is 10.1. The third-order valence-corrected chi connectivity index (χ3v) is 6.26. The Kier molecular flexibility index (Phi) is 7.72. The number of carbonyl (C=O) groups excluding carboxylic acids is 1. The number of alkyl halides is 3. The summed E-state index contributed by atoms with van der Waals surface area (Å²) in [5, 5.41) is 9.15. The van der Waals surface area contributed by atoms with Crippen molar-refractivity contribution in [1.82, 2.24) is 9.80 Å². The van der Waals surface area contributed by atoms with E-state index >= 15 is 0 Å². The molecule has 1 amide bonds. The Balaban J connectivity index is 0.000000318. The third kappa shape index (κ3) is 6.16. The predicted molar refractivity (Wildman–Crippen MR) is 102 cm³/mol. The van der Waals surface area contributed by atoms with E-state index in [0.717, 1.165) is 50.7 Å². The van der Waals surface area contributed by atoms with Crippen LogP contribution in [0.25, 0.3) is 0 Å². The molecule has 11 heteroatoms. The van der Waals surface area contributed by atoms with Gasteiger partial charge in [-0.1, -0.05) is 6.07 Å². The van der Waals surface area contributed by atoms with Gasteiger partial charge in [-0.25, -0.2) is 4.79 Å². The molecule has 0 aliphatic carbocycles. The standard InChI is InChI=1S/C17H24N2O3S.C2HF3O2/c20-17(9-14-4-2-8-23-14)19-11-15-16(12-19)22-7-5-18(15)10-13-3-1-6-21-13;3-2(4,5)1(6)7/h2,4,8,13,15-16H,1,3,5-7,9-12H2;(H,6,7)/t13?,15-,16+;/m1./s1. The highest BCUT2D eigenvalue weighted by Crippen LogP contribution is 2.26. The molecule has 3 atom stereocenters. The first-order chi connectivity index (χ1) is 14.2. The van der Waals surface area contributed by atoms with Gasteiger partial charge in [0, 0.05) is 37.7 Å². The average molecular weight is 450 g/mol. The summed E-state index contributed by atoms with van der Waals surface area (Å²) in [5.41, 5.74) is 0. The number of likely N-dealkylation sites (tertiary alicyclic amines) is 1. The van der Waals surface area contributed by atoms with E-state index in [4.69, 9.17) is 19.4 Å². The van der Waals surface area contributed by atoms with E-state index in [1.165, 1.54) is 6.42 Å². The van der Waals surface area contributed by atoms with Crippen molar-refractivity contribution in [3.8, 4) is 0 Å². The van der Waals surface area contributed by atoms with E-state index in [1.807, 2.05) is 22.4 Å². The Morgan fingerprint density at radius 3 is 2.60 bits per heavy atom. The maximum Gasteiger partial charge on any atom is 0.490 e. The van der Waals surface area contributed by atoms with Gasteiger partial charge in [0.1, 0.15) is 0 Å². The van der Waals surface area contributed by atoms with Crippen molar-refractivity contribution in [3.05, 3.63) is 22.4 Å². The lowest BCUT2D eigenvalue weighted by atomic mass is 10.1. The van der Waals surface area contributed by atoms with Crippen LogP contribution in [-0.2, 0) is 25.5 Å². The molecule has 1 aromatic heterocycles. The second-order valence-electron chi connectivity index (χ2n) is 7.46. The molecule has 7 nitrogen and oxygen atoms in total.